The summed E-state index contributed by atoms with van der Waals surface area (Å²) in [5, 5.41) is 16.9. The van der Waals surface area contributed by atoms with E-state index < -0.39 is 6.10 Å². The standard InChI is InChI=1S/C20H30N2O3/c1-14-2-5-17(6-3-14)25-18-7-4-16(20(18)24)13-22-19(23)12-15-8-10-21-11-9-15/h2-3,5-6,15-16,18,20-21,24H,4,7-13H2,1H3,(H,22,23)/t16-,18-,20-/m1/s1. The number of carbonyl (C=O) groups excluding carboxylic acids is 1. The van der Waals surface area contributed by atoms with Gasteiger partial charge in [0.25, 0.3) is 0 Å². The minimum atomic E-state index is -0.527. The Morgan fingerprint density at radius 2 is 1.92 bits per heavy atom. The zero-order valence-corrected chi connectivity index (χ0v) is 15.0. The number of carbonyl (C=O) groups is 1. The second-order valence-corrected chi connectivity index (χ2v) is 7.50. The van der Waals surface area contributed by atoms with Gasteiger partial charge in [-0.15, -0.1) is 0 Å². The fraction of sp³-hybridized carbons (Fsp3) is 0.650. The average Bonchev–Trinajstić information content (AvgIpc) is 2.96. The maximum absolute atomic E-state index is 12.1. The Hall–Kier alpha value is -1.59. The Morgan fingerprint density at radius 3 is 2.64 bits per heavy atom. The van der Waals surface area contributed by atoms with Crippen LogP contribution in [0.25, 0.3) is 0 Å². The van der Waals surface area contributed by atoms with Crippen molar-refractivity contribution >= 4 is 5.91 Å². The van der Waals surface area contributed by atoms with E-state index in [9.17, 15) is 9.90 Å². The summed E-state index contributed by atoms with van der Waals surface area (Å²) in [6.45, 7) is 4.60. The summed E-state index contributed by atoms with van der Waals surface area (Å²) in [6.07, 6.45) is 3.75. The molecular formula is C20H30N2O3. The summed E-state index contributed by atoms with van der Waals surface area (Å²) < 4.78 is 5.93. The lowest BCUT2D eigenvalue weighted by Crippen LogP contribution is -2.38. The summed E-state index contributed by atoms with van der Waals surface area (Å²) in [7, 11) is 0. The molecule has 1 saturated heterocycles. The zero-order valence-electron chi connectivity index (χ0n) is 15.0. The highest BCUT2D eigenvalue weighted by Gasteiger charge is 2.36. The fourth-order valence-corrected chi connectivity index (χ4v) is 3.83. The molecule has 1 aliphatic carbocycles. The van der Waals surface area contributed by atoms with Gasteiger partial charge in [0.2, 0.25) is 5.91 Å². The van der Waals surface area contributed by atoms with Crippen LogP contribution in [0.2, 0.25) is 0 Å². The second kappa shape index (κ2) is 8.68. The van der Waals surface area contributed by atoms with Crippen LogP contribution in [0.5, 0.6) is 5.75 Å². The smallest absolute Gasteiger partial charge is 0.220 e. The SMILES string of the molecule is Cc1ccc(O[C@@H]2CC[C@H](CNC(=O)CC3CCNCC3)[C@H]2O)cc1. The molecule has 2 aliphatic rings. The minimum Gasteiger partial charge on any atom is -0.488 e. The number of ether oxygens (including phenoxy) is 1. The first-order valence-corrected chi connectivity index (χ1v) is 9.50. The van der Waals surface area contributed by atoms with Gasteiger partial charge in [0.1, 0.15) is 11.9 Å². The van der Waals surface area contributed by atoms with Crippen LogP contribution in [0.4, 0.5) is 0 Å². The Bertz CT molecular complexity index is 555. The first-order chi connectivity index (χ1) is 12.1. The van der Waals surface area contributed by atoms with Crippen LogP contribution in [0.3, 0.4) is 0 Å². The molecule has 0 bridgehead atoms. The zero-order chi connectivity index (χ0) is 17.6. The van der Waals surface area contributed by atoms with Crippen LogP contribution in [0, 0.1) is 18.8 Å². The van der Waals surface area contributed by atoms with Crippen LogP contribution >= 0.6 is 0 Å². The van der Waals surface area contributed by atoms with Gasteiger partial charge in [-0.1, -0.05) is 17.7 Å². The van der Waals surface area contributed by atoms with E-state index in [0.29, 0.717) is 18.9 Å². The monoisotopic (exact) mass is 346 g/mol. The molecule has 3 atom stereocenters. The molecule has 5 heteroatoms. The maximum Gasteiger partial charge on any atom is 0.220 e. The van der Waals surface area contributed by atoms with Gasteiger partial charge in [-0.05, 0) is 63.7 Å². The molecule has 2 fully saturated rings. The topological polar surface area (TPSA) is 70.6 Å². The van der Waals surface area contributed by atoms with E-state index in [2.05, 4.69) is 10.6 Å². The largest absolute Gasteiger partial charge is 0.488 e. The van der Waals surface area contributed by atoms with Crippen molar-refractivity contribution < 1.29 is 14.6 Å². The molecule has 1 saturated carbocycles. The number of piperidine rings is 1. The van der Waals surface area contributed by atoms with Crippen LogP contribution in [0.1, 0.15) is 37.7 Å². The van der Waals surface area contributed by atoms with E-state index in [1.165, 1.54) is 5.56 Å². The number of aliphatic hydroxyl groups excluding tert-OH is 1. The molecule has 138 valence electrons. The molecule has 3 N–H and O–H groups in total. The molecule has 0 spiro atoms. The lowest BCUT2D eigenvalue weighted by Gasteiger charge is -2.23. The third kappa shape index (κ3) is 5.19. The number of benzene rings is 1. The highest BCUT2D eigenvalue weighted by atomic mass is 16.5. The summed E-state index contributed by atoms with van der Waals surface area (Å²) in [5.41, 5.74) is 1.19. The molecule has 0 unspecified atom stereocenters. The van der Waals surface area contributed by atoms with E-state index in [4.69, 9.17) is 4.74 Å². The number of amides is 1. The Labute approximate surface area is 150 Å². The molecule has 25 heavy (non-hydrogen) atoms. The van der Waals surface area contributed by atoms with E-state index >= 15 is 0 Å². The summed E-state index contributed by atoms with van der Waals surface area (Å²) in [4.78, 5) is 12.1. The van der Waals surface area contributed by atoms with Crippen molar-refractivity contribution in [1.82, 2.24) is 10.6 Å². The minimum absolute atomic E-state index is 0.0763. The Balaban J connectivity index is 1.41. The molecule has 1 amide bonds. The molecule has 5 nitrogen and oxygen atoms in total. The van der Waals surface area contributed by atoms with E-state index in [0.717, 1.165) is 44.5 Å². The highest BCUT2D eigenvalue weighted by Crippen LogP contribution is 2.29. The molecule has 0 radical (unpaired) electrons. The quantitative estimate of drug-likeness (QED) is 0.737. The van der Waals surface area contributed by atoms with Gasteiger partial charge in [0.15, 0.2) is 0 Å². The van der Waals surface area contributed by atoms with Crippen LogP contribution in [-0.4, -0.2) is 42.9 Å². The van der Waals surface area contributed by atoms with Crippen LogP contribution in [0.15, 0.2) is 24.3 Å². The van der Waals surface area contributed by atoms with Gasteiger partial charge in [0.05, 0.1) is 6.10 Å². The van der Waals surface area contributed by atoms with Gasteiger partial charge < -0.3 is 20.5 Å². The third-order valence-electron chi connectivity index (χ3n) is 5.49. The third-order valence-corrected chi connectivity index (χ3v) is 5.49. The van der Waals surface area contributed by atoms with Crippen molar-refractivity contribution in [2.75, 3.05) is 19.6 Å². The molecular weight excluding hydrogens is 316 g/mol. The van der Waals surface area contributed by atoms with Crippen molar-refractivity contribution in [2.45, 2.75) is 51.2 Å². The first kappa shape index (κ1) is 18.2. The number of hydrogen-bond acceptors (Lipinski definition) is 4. The fourth-order valence-electron chi connectivity index (χ4n) is 3.83. The predicted octanol–water partition coefficient (Wildman–Crippen LogP) is 2.02. The van der Waals surface area contributed by atoms with Crippen molar-refractivity contribution in [3.63, 3.8) is 0 Å². The molecule has 1 heterocycles. The number of aryl methyl sites for hydroxylation is 1. The average molecular weight is 346 g/mol. The normalized spacial score (nSPS) is 27.2. The Morgan fingerprint density at radius 1 is 1.20 bits per heavy atom. The molecule has 0 aromatic heterocycles. The number of nitrogens with one attached hydrogen (secondary N) is 2. The van der Waals surface area contributed by atoms with Crippen molar-refractivity contribution in [3.05, 3.63) is 29.8 Å². The maximum atomic E-state index is 12.1. The van der Waals surface area contributed by atoms with Gasteiger partial charge in [-0.3, -0.25) is 4.79 Å². The predicted molar refractivity (Wildman–Crippen MR) is 97.5 cm³/mol. The molecule has 1 aromatic carbocycles. The van der Waals surface area contributed by atoms with Gasteiger partial charge >= 0.3 is 0 Å². The van der Waals surface area contributed by atoms with E-state index in [1.54, 1.807) is 0 Å². The lowest BCUT2D eigenvalue weighted by atomic mass is 9.94. The van der Waals surface area contributed by atoms with Crippen molar-refractivity contribution in [3.8, 4) is 5.75 Å². The van der Waals surface area contributed by atoms with Gasteiger partial charge in [0, 0.05) is 18.9 Å². The highest BCUT2D eigenvalue weighted by molar-refractivity contribution is 5.76. The van der Waals surface area contributed by atoms with Crippen LogP contribution < -0.4 is 15.4 Å². The van der Waals surface area contributed by atoms with Crippen molar-refractivity contribution in [2.24, 2.45) is 11.8 Å². The summed E-state index contributed by atoms with van der Waals surface area (Å²) in [5.74, 6) is 1.48. The summed E-state index contributed by atoms with van der Waals surface area (Å²) >= 11 is 0. The lowest BCUT2D eigenvalue weighted by molar-refractivity contribution is -0.122. The van der Waals surface area contributed by atoms with E-state index in [-0.39, 0.29) is 17.9 Å². The van der Waals surface area contributed by atoms with Gasteiger partial charge in [-0.25, -0.2) is 0 Å². The van der Waals surface area contributed by atoms with Gasteiger partial charge in [-0.2, -0.15) is 0 Å². The first-order valence-electron chi connectivity index (χ1n) is 9.50. The molecule has 1 aliphatic heterocycles. The van der Waals surface area contributed by atoms with Crippen molar-refractivity contribution in [1.29, 1.82) is 0 Å². The summed E-state index contributed by atoms with van der Waals surface area (Å²) in [6, 6.07) is 7.90. The number of rotatable bonds is 6. The van der Waals surface area contributed by atoms with Crippen LogP contribution in [-0.2, 0) is 4.79 Å². The Kier molecular flexibility index (Phi) is 6.32. The molecule has 1 aromatic rings. The van der Waals surface area contributed by atoms with E-state index in [1.807, 2.05) is 31.2 Å². The number of aliphatic hydroxyl groups is 1. The number of hydrogen-bond donors (Lipinski definition) is 3. The second-order valence-electron chi connectivity index (χ2n) is 7.50. The molecule has 3 rings (SSSR count).